The molecular formula is C27H30N4O4S. The lowest BCUT2D eigenvalue weighted by molar-refractivity contribution is 0.245. The normalized spacial score (nSPS) is 16.2. The summed E-state index contributed by atoms with van der Waals surface area (Å²) in [4.78, 5) is 24.1. The minimum Gasteiger partial charge on any atom is -0.480 e. The first-order chi connectivity index (χ1) is 17.2. The number of fused-ring (bicyclic) bond motifs is 2. The molecule has 0 unspecified atom stereocenters. The van der Waals surface area contributed by atoms with Gasteiger partial charge in [0.15, 0.2) is 9.84 Å². The molecule has 1 saturated carbocycles. The van der Waals surface area contributed by atoms with Crippen LogP contribution in [0.25, 0.3) is 11.1 Å². The van der Waals surface area contributed by atoms with E-state index in [0.717, 1.165) is 53.8 Å². The molecule has 3 aromatic rings. The largest absolute Gasteiger partial charge is 0.480 e. The molecule has 2 heterocycles. The first-order valence-electron chi connectivity index (χ1n) is 12.1. The third kappa shape index (κ3) is 4.32. The Balaban J connectivity index is 1.42. The zero-order valence-electron chi connectivity index (χ0n) is 20.7. The number of rotatable bonds is 5. The molecule has 2 amide bonds. The molecule has 188 valence electrons. The number of anilines is 1. The van der Waals surface area contributed by atoms with Gasteiger partial charge < -0.3 is 10.1 Å². The van der Waals surface area contributed by atoms with Crippen molar-refractivity contribution in [2.75, 3.05) is 24.8 Å². The highest BCUT2D eigenvalue weighted by atomic mass is 32.2. The van der Waals surface area contributed by atoms with Crippen LogP contribution in [-0.2, 0) is 21.8 Å². The summed E-state index contributed by atoms with van der Waals surface area (Å²) in [5.74, 6) is 0.539. The summed E-state index contributed by atoms with van der Waals surface area (Å²) in [6.07, 6.45) is 7.06. The van der Waals surface area contributed by atoms with Gasteiger partial charge in [0.25, 0.3) is 0 Å². The highest BCUT2D eigenvalue weighted by Gasteiger charge is 2.46. The smallest absolute Gasteiger partial charge is 0.322 e. The molecule has 5 rings (SSSR count). The van der Waals surface area contributed by atoms with Crippen LogP contribution in [0.4, 0.5) is 10.5 Å². The third-order valence-corrected chi connectivity index (χ3v) is 8.53. The van der Waals surface area contributed by atoms with E-state index in [1.165, 1.54) is 18.1 Å². The Kier molecular flexibility index (Phi) is 6.20. The fourth-order valence-electron chi connectivity index (χ4n) is 5.55. The molecule has 0 bridgehead atoms. The highest BCUT2D eigenvalue weighted by Crippen LogP contribution is 2.51. The standard InChI is InChI=1S/C27H30N4O4S/c1-18-24(25(35-2)30-17-29-18)20-8-11-23-22(14-20)27(12-4-5-13-27)16-31(23)26(32)28-15-19-6-9-21(10-7-19)36(3,33)34/h6-11,14,17H,4-5,12-13,15-16H2,1-3H3,(H,28,32). The molecule has 1 aliphatic carbocycles. The molecule has 1 aliphatic heterocycles. The van der Waals surface area contributed by atoms with Crippen LogP contribution >= 0.6 is 0 Å². The number of aromatic nitrogens is 2. The van der Waals surface area contributed by atoms with E-state index >= 15 is 0 Å². The van der Waals surface area contributed by atoms with E-state index in [1.54, 1.807) is 31.4 Å². The predicted octanol–water partition coefficient (Wildman–Crippen LogP) is 4.41. The van der Waals surface area contributed by atoms with Gasteiger partial charge in [0, 0.05) is 30.4 Å². The van der Waals surface area contributed by atoms with Gasteiger partial charge >= 0.3 is 6.03 Å². The fourth-order valence-corrected chi connectivity index (χ4v) is 6.18. The molecule has 1 aromatic heterocycles. The van der Waals surface area contributed by atoms with E-state index in [9.17, 15) is 13.2 Å². The first kappa shape index (κ1) is 24.2. The molecule has 2 aromatic carbocycles. The molecule has 1 spiro atoms. The summed E-state index contributed by atoms with van der Waals surface area (Å²) < 4.78 is 28.9. The molecule has 9 heteroatoms. The van der Waals surface area contributed by atoms with Gasteiger partial charge in [0.05, 0.1) is 23.3 Å². The van der Waals surface area contributed by atoms with Gasteiger partial charge in [-0.25, -0.2) is 23.2 Å². The number of hydrogen-bond acceptors (Lipinski definition) is 6. The molecular weight excluding hydrogens is 476 g/mol. The van der Waals surface area contributed by atoms with Crippen molar-refractivity contribution in [1.29, 1.82) is 0 Å². The Morgan fingerprint density at radius 3 is 2.50 bits per heavy atom. The Morgan fingerprint density at radius 2 is 1.83 bits per heavy atom. The molecule has 0 saturated heterocycles. The van der Waals surface area contributed by atoms with Gasteiger partial charge in [-0.05, 0) is 60.7 Å². The van der Waals surface area contributed by atoms with Crippen LogP contribution in [-0.4, -0.2) is 44.3 Å². The highest BCUT2D eigenvalue weighted by molar-refractivity contribution is 7.90. The minimum atomic E-state index is -3.25. The molecule has 2 aliphatic rings. The number of carbonyl (C=O) groups is 1. The molecule has 0 atom stereocenters. The lowest BCUT2D eigenvalue weighted by Crippen LogP contribution is -2.41. The SMILES string of the molecule is COc1ncnc(C)c1-c1ccc2c(c1)C1(CCCC1)CN2C(=O)NCc1ccc(S(C)(=O)=O)cc1. The van der Waals surface area contributed by atoms with Crippen molar-refractivity contribution in [3.8, 4) is 17.0 Å². The number of urea groups is 1. The molecule has 1 N–H and O–H groups in total. The van der Waals surface area contributed by atoms with Gasteiger partial charge in [0.2, 0.25) is 5.88 Å². The van der Waals surface area contributed by atoms with Crippen molar-refractivity contribution >= 4 is 21.6 Å². The summed E-state index contributed by atoms with van der Waals surface area (Å²) in [6, 6.07) is 12.7. The zero-order chi connectivity index (χ0) is 25.5. The number of sulfone groups is 1. The summed E-state index contributed by atoms with van der Waals surface area (Å²) in [5.41, 5.74) is 5.61. The second-order valence-electron chi connectivity index (χ2n) is 9.72. The van der Waals surface area contributed by atoms with Crippen LogP contribution in [0.2, 0.25) is 0 Å². The monoisotopic (exact) mass is 506 g/mol. The van der Waals surface area contributed by atoms with E-state index in [0.29, 0.717) is 19.0 Å². The third-order valence-electron chi connectivity index (χ3n) is 7.40. The van der Waals surface area contributed by atoms with Crippen molar-refractivity contribution in [2.45, 2.75) is 49.5 Å². The van der Waals surface area contributed by atoms with E-state index in [4.69, 9.17) is 4.74 Å². The van der Waals surface area contributed by atoms with Crippen molar-refractivity contribution in [3.05, 3.63) is 65.6 Å². The number of aryl methyl sites for hydroxylation is 1. The average molecular weight is 507 g/mol. The number of amides is 2. The summed E-state index contributed by atoms with van der Waals surface area (Å²) in [5, 5.41) is 3.02. The van der Waals surface area contributed by atoms with Crippen LogP contribution in [0.3, 0.4) is 0 Å². The Hall–Kier alpha value is -3.46. The van der Waals surface area contributed by atoms with E-state index in [1.807, 2.05) is 24.0 Å². The van der Waals surface area contributed by atoms with E-state index in [2.05, 4.69) is 21.4 Å². The van der Waals surface area contributed by atoms with Crippen LogP contribution in [0, 0.1) is 6.92 Å². The average Bonchev–Trinajstić information content (AvgIpc) is 3.47. The first-order valence-corrected chi connectivity index (χ1v) is 14.0. The summed E-state index contributed by atoms with van der Waals surface area (Å²) in [6.45, 7) is 2.91. The number of carbonyl (C=O) groups excluding carboxylic acids is 1. The van der Waals surface area contributed by atoms with E-state index < -0.39 is 9.84 Å². The summed E-state index contributed by atoms with van der Waals surface area (Å²) >= 11 is 0. The fraction of sp³-hybridized carbons (Fsp3) is 0.370. The number of nitrogens with one attached hydrogen (secondary N) is 1. The number of ether oxygens (including phenoxy) is 1. The molecule has 8 nitrogen and oxygen atoms in total. The van der Waals surface area contributed by atoms with Gasteiger partial charge in [-0.2, -0.15) is 0 Å². The van der Waals surface area contributed by atoms with Crippen molar-refractivity contribution in [2.24, 2.45) is 0 Å². The Labute approximate surface area is 211 Å². The van der Waals surface area contributed by atoms with Crippen molar-refractivity contribution in [1.82, 2.24) is 15.3 Å². The maximum atomic E-state index is 13.3. The molecule has 36 heavy (non-hydrogen) atoms. The van der Waals surface area contributed by atoms with Gasteiger partial charge in [-0.15, -0.1) is 0 Å². The van der Waals surface area contributed by atoms with Gasteiger partial charge in [0.1, 0.15) is 6.33 Å². The topological polar surface area (TPSA) is 101 Å². The maximum absolute atomic E-state index is 13.3. The Morgan fingerprint density at radius 1 is 1.11 bits per heavy atom. The quantitative estimate of drug-likeness (QED) is 0.550. The minimum absolute atomic E-state index is 0.0589. The second kappa shape index (κ2) is 9.20. The van der Waals surface area contributed by atoms with Crippen molar-refractivity contribution in [3.63, 3.8) is 0 Å². The van der Waals surface area contributed by atoms with Crippen LogP contribution < -0.4 is 15.0 Å². The van der Waals surface area contributed by atoms with Crippen LogP contribution in [0.5, 0.6) is 5.88 Å². The zero-order valence-corrected chi connectivity index (χ0v) is 21.6. The summed E-state index contributed by atoms with van der Waals surface area (Å²) in [7, 11) is -1.64. The maximum Gasteiger partial charge on any atom is 0.322 e. The lowest BCUT2D eigenvalue weighted by Gasteiger charge is -2.25. The van der Waals surface area contributed by atoms with Gasteiger partial charge in [-0.3, -0.25) is 4.90 Å². The number of hydrogen-bond donors (Lipinski definition) is 1. The Bertz CT molecular complexity index is 1410. The number of nitrogens with zero attached hydrogens (tertiary/aromatic N) is 3. The van der Waals surface area contributed by atoms with Crippen LogP contribution in [0.1, 0.15) is 42.5 Å². The van der Waals surface area contributed by atoms with Crippen LogP contribution in [0.15, 0.2) is 53.7 Å². The second-order valence-corrected chi connectivity index (χ2v) is 11.7. The molecule has 1 fully saturated rings. The number of benzene rings is 2. The molecule has 0 radical (unpaired) electrons. The number of methoxy groups -OCH3 is 1. The van der Waals surface area contributed by atoms with E-state index in [-0.39, 0.29) is 16.3 Å². The van der Waals surface area contributed by atoms with Crippen molar-refractivity contribution < 1.29 is 17.9 Å². The van der Waals surface area contributed by atoms with Gasteiger partial charge in [-0.1, -0.05) is 31.0 Å². The lowest BCUT2D eigenvalue weighted by atomic mass is 9.80. The predicted molar refractivity (Wildman–Crippen MR) is 138 cm³/mol.